The lowest BCUT2D eigenvalue weighted by Gasteiger charge is -2.19. The molecule has 0 spiro atoms. The van der Waals surface area contributed by atoms with Crippen LogP contribution >= 0.6 is 11.6 Å². The minimum absolute atomic E-state index is 0.176. The number of ether oxygens (including phenoxy) is 3. The van der Waals surface area contributed by atoms with Crippen LogP contribution in [-0.2, 0) is 19.1 Å². The van der Waals surface area contributed by atoms with Gasteiger partial charge < -0.3 is 14.2 Å². The third kappa shape index (κ3) is 10.1. The highest BCUT2D eigenvalue weighted by atomic mass is 35.5. The summed E-state index contributed by atoms with van der Waals surface area (Å²) in [5.41, 5.74) is -0.512. The van der Waals surface area contributed by atoms with Crippen LogP contribution in [0.1, 0.15) is 20.8 Å². The van der Waals surface area contributed by atoms with Crippen molar-refractivity contribution in [2.45, 2.75) is 26.4 Å². The van der Waals surface area contributed by atoms with Crippen molar-refractivity contribution in [2.24, 2.45) is 0 Å². The van der Waals surface area contributed by atoms with Crippen molar-refractivity contribution in [1.29, 1.82) is 0 Å². The van der Waals surface area contributed by atoms with E-state index in [1.165, 1.54) is 7.11 Å². The van der Waals surface area contributed by atoms with Gasteiger partial charge in [-0.25, -0.2) is 9.78 Å². The first kappa shape index (κ1) is 18.2. The van der Waals surface area contributed by atoms with Crippen molar-refractivity contribution in [1.82, 2.24) is 4.98 Å². The first-order valence-electron chi connectivity index (χ1n) is 5.72. The Kier molecular flexibility index (Phi) is 8.31. The fourth-order valence-electron chi connectivity index (χ4n) is 0.974. The van der Waals surface area contributed by atoms with E-state index < -0.39 is 11.6 Å². The molecule has 0 N–H and O–H groups in total. The minimum atomic E-state index is -0.512. The van der Waals surface area contributed by atoms with Crippen molar-refractivity contribution >= 4 is 24.0 Å². The van der Waals surface area contributed by atoms with E-state index in [4.69, 9.17) is 25.9 Å². The third-order valence-corrected chi connectivity index (χ3v) is 1.75. The van der Waals surface area contributed by atoms with Crippen LogP contribution in [0.2, 0.25) is 5.15 Å². The maximum atomic E-state index is 11.3. The predicted octanol–water partition coefficient (Wildman–Crippen LogP) is 2.24. The van der Waals surface area contributed by atoms with Crippen LogP contribution < -0.4 is 4.74 Å². The average molecular weight is 304 g/mol. The number of hydrogen-bond acceptors (Lipinski definition) is 6. The minimum Gasteiger partial charge on any atom is -0.471 e. The van der Waals surface area contributed by atoms with E-state index in [1.54, 1.807) is 39.0 Å². The molecular weight excluding hydrogens is 286 g/mol. The Morgan fingerprint density at radius 2 is 2.00 bits per heavy atom. The number of carbonyl (C=O) groups excluding carboxylic acids is 2. The number of aromatic nitrogens is 1. The molecule has 6 nitrogen and oxygen atoms in total. The summed E-state index contributed by atoms with van der Waals surface area (Å²) in [5, 5.41) is 0.321. The van der Waals surface area contributed by atoms with Gasteiger partial charge in [-0.1, -0.05) is 17.7 Å². The molecule has 1 aromatic rings. The van der Waals surface area contributed by atoms with Crippen LogP contribution in [0.3, 0.4) is 0 Å². The zero-order valence-electron chi connectivity index (χ0n) is 11.9. The van der Waals surface area contributed by atoms with E-state index in [2.05, 4.69) is 9.72 Å². The van der Waals surface area contributed by atoms with Crippen molar-refractivity contribution in [2.75, 3.05) is 13.7 Å². The number of esters is 1. The van der Waals surface area contributed by atoms with E-state index in [0.29, 0.717) is 17.5 Å². The molecule has 112 valence electrons. The lowest BCUT2D eigenvalue weighted by atomic mass is 10.2. The fraction of sp³-hybridized carbons (Fsp3) is 0.462. The smallest absolute Gasteiger partial charge is 0.344 e. The highest BCUT2D eigenvalue weighted by Crippen LogP contribution is 2.12. The number of methoxy groups -OCH3 is 1. The highest BCUT2D eigenvalue weighted by molar-refractivity contribution is 6.29. The normalized spacial score (nSPS) is 9.85. The zero-order valence-corrected chi connectivity index (χ0v) is 12.6. The average Bonchev–Trinajstić information content (AvgIpc) is 2.35. The number of nitrogens with zero attached hydrogens (tertiary/aromatic N) is 1. The van der Waals surface area contributed by atoms with Gasteiger partial charge in [-0.15, -0.1) is 0 Å². The van der Waals surface area contributed by atoms with Crippen LogP contribution in [0.5, 0.6) is 5.88 Å². The zero-order chi connectivity index (χ0) is 15.6. The number of hydrogen-bond donors (Lipinski definition) is 0. The van der Waals surface area contributed by atoms with Gasteiger partial charge in [0.25, 0.3) is 6.47 Å². The van der Waals surface area contributed by atoms with Gasteiger partial charge in [0.05, 0.1) is 7.11 Å². The number of halogens is 1. The molecule has 0 amide bonds. The molecule has 20 heavy (non-hydrogen) atoms. The van der Waals surface area contributed by atoms with Crippen molar-refractivity contribution in [3.8, 4) is 5.88 Å². The van der Waals surface area contributed by atoms with Crippen molar-refractivity contribution < 1.29 is 23.8 Å². The van der Waals surface area contributed by atoms with Crippen LogP contribution in [0.15, 0.2) is 18.2 Å². The molecular formula is C13H18ClNO5. The van der Waals surface area contributed by atoms with Crippen LogP contribution in [-0.4, -0.2) is 36.7 Å². The first-order chi connectivity index (χ1) is 9.28. The lowest BCUT2D eigenvalue weighted by molar-refractivity contribution is -0.157. The second kappa shape index (κ2) is 9.14. The number of rotatable bonds is 4. The Hall–Kier alpha value is -1.82. The molecule has 0 aliphatic rings. The largest absolute Gasteiger partial charge is 0.471 e. The summed E-state index contributed by atoms with van der Waals surface area (Å²) in [7, 11) is 1.31. The summed E-state index contributed by atoms with van der Waals surface area (Å²) in [6.45, 7) is 5.58. The maximum Gasteiger partial charge on any atom is 0.344 e. The number of carbonyl (C=O) groups is 2. The summed E-state index contributed by atoms with van der Waals surface area (Å²) in [6, 6.07) is 4.94. The standard InChI is InChI=1S/C11H14ClNO3.C2H4O2/c1-11(2,3)16-10(14)7-15-9-6-4-5-8(12)13-9;1-4-2-3/h4-6H,7H2,1-3H3;2H,1H3. The topological polar surface area (TPSA) is 74.7 Å². The van der Waals surface area contributed by atoms with Crippen molar-refractivity contribution in [3.63, 3.8) is 0 Å². The van der Waals surface area contributed by atoms with E-state index in [1.807, 2.05) is 0 Å². The van der Waals surface area contributed by atoms with Gasteiger partial charge in [0.2, 0.25) is 5.88 Å². The van der Waals surface area contributed by atoms with Gasteiger partial charge in [0.15, 0.2) is 6.61 Å². The monoisotopic (exact) mass is 303 g/mol. The van der Waals surface area contributed by atoms with Crippen LogP contribution in [0.25, 0.3) is 0 Å². The van der Waals surface area contributed by atoms with E-state index in [-0.39, 0.29) is 6.61 Å². The summed E-state index contributed by atoms with van der Waals surface area (Å²) >= 11 is 5.66. The molecule has 1 heterocycles. The molecule has 0 aromatic carbocycles. The van der Waals surface area contributed by atoms with Crippen molar-refractivity contribution in [3.05, 3.63) is 23.4 Å². The third-order valence-electron chi connectivity index (χ3n) is 1.54. The lowest BCUT2D eigenvalue weighted by Crippen LogP contribution is -2.27. The Balaban J connectivity index is 0.000000796. The fourth-order valence-corrected chi connectivity index (χ4v) is 1.13. The Morgan fingerprint density at radius 1 is 1.40 bits per heavy atom. The van der Waals surface area contributed by atoms with Gasteiger partial charge in [0, 0.05) is 6.07 Å². The summed E-state index contributed by atoms with van der Waals surface area (Å²) in [5.74, 6) is -0.132. The Morgan fingerprint density at radius 3 is 2.45 bits per heavy atom. The molecule has 7 heteroatoms. The molecule has 0 bridgehead atoms. The van der Waals surface area contributed by atoms with Gasteiger partial charge in [-0.05, 0) is 26.8 Å². The second-order valence-corrected chi connectivity index (χ2v) is 4.89. The molecule has 0 atom stereocenters. The highest BCUT2D eigenvalue weighted by Gasteiger charge is 2.16. The predicted molar refractivity (Wildman–Crippen MR) is 73.7 cm³/mol. The maximum absolute atomic E-state index is 11.3. The summed E-state index contributed by atoms with van der Waals surface area (Å²) < 4.78 is 14.1. The number of pyridine rings is 1. The second-order valence-electron chi connectivity index (χ2n) is 4.51. The first-order valence-corrected chi connectivity index (χ1v) is 6.10. The van der Waals surface area contributed by atoms with Gasteiger partial charge in [-0.2, -0.15) is 0 Å². The van der Waals surface area contributed by atoms with Crippen LogP contribution in [0, 0.1) is 0 Å². The van der Waals surface area contributed by atoms with Gasteiger partial charge in [-0.3, -0.25) is 4.79 Å². The summed E-state index contributed by atoms with van der Waals surface area (Å²) in [6.07, 6.45) is 0. The molecule has 1 rings (SSSR count). The van der Waals surface area contributed by atoms with E-state index in [9.17, 15) is 4.79 Å². The molecule has 0 saturated carbocycles. The SMILES string of the molecule is CC(C)(C)OC(=O)COc1cccc(Cl)n1.COC=O. The van der Waals surface area contributed by atoms with Gasteiger partial charge in [0.1, 0.15) is 10.8 Å². The molecule has 0 unspecified atom stereocenters. The van der Waals surface area contributed by atoms with E-state index >= 15 is 0 Å². The molecule has 1 aromatic heterocycles. The van der Waals surface area contributed by atoms with Crippen LogP contribution in [0.4, 0.5) is 0 Å². The Labute approximate surface area is 123 Å². The molecule has 0 radical (unpaired) electrons. The van der Waals surface area contributed by atoms with Gasteiger partial charge >= 0.3 is 5.97 Å². The molecule has 0 aliphatic heterocycles. The quantitative estimate of drug-likeness (QED) is 0.482. The summed E-state index contributed by atoms with van der Waals surface area (Å²) in [4.78, 5) is 24.1. The molecule has 0 aliphatic carbocycles. The Bertz CT molecular complexity index is 431. The van der Waals surface area contributed by atoms with E-state index in [0.717, 1.165) is 0 Å². The molecule has 0 fully saturated rings. The molecule has 0 saturated heterocycles.